The van der Waals surface area contributed by atoms with Gasteiger partial charge in [-0.15, -0.1) is 11.3 Å². The lowest BCUT2D eigenvalue weighted by Gasteiger charge is -2.48. The summed E-state index contributed by atoms with van der Waals surface area (Å²) < 4.78 is 5.53. The van der Waals surface area contributed by atoms with Crippen molar-refractivity contribution in [3.05, 3.63) is 22.4 Å². The Morgan fingerprint density at radius 1 is 1.21 bits per heavy atom. The van der Waals surface area contributed by atoms with Crippen molar-refractivity contribution in [2.24, 2.45) is 5.92 Å². The second-order valence-electron chi connectivity index (χ2n) is 8.27. The predicted molar refractivity (Wildman–Crippen MR) is 112 cm³/mol. The van der Waals surface area contributed by atoms with Crippen LogP contribution in [-0.4, -0.2) is 61.1 Å². The lowest BCUT2D eigenvalue weighted by Crippen LogP contribution is -2.61. The standard InChI is InChI=1S/C21H33N3O3S/c1-16(2)18(23-19(25)17-7-6-14-28-17)20(26)22-15-21(8-4-3-5-9-21)24-10-12-27-13-11-24/h6-7,14,16,18H,3-5,8-13,15H2,1-2H3,(H,22,26)(H,23,25). The van der Waals surface area contributed by atoms with E-state index >= 15 is 0 Å². The molecule has 1 atom stereocenters. The highest BCUT2D eigenvalue weighted by atomic mass is 32.1. The molecule has 1 aliphatic heterocycles. The SMILES string of the molecule is CC(C)C(NC(=O)c1cccs1)C(=O)NCC1(N2CCOCC2)CCCCC1. The van der Waals surface area contributed by atoms with E-state index in [0.717, 1.165) is 39.1 Å². The number of nitrogens with one attached hydrogen (secondary N) is 2. The summed E-state index contributed by atoms with van der Waals surface area (Å²) in [6, 6.07) is 3.10. The molecule has 6 nitrogen and oxygen atoms in total. The normalized spacial score (nSPS) is 21.2. The van der Waals surface area contributed by atoms with Crippen LogP contribution in [0.15, 0.2) is 17.5 Å². The number of carbonyl (C=O) groups excluding carboxylic acids is 2. The van der Waals surface area contributed by atoms with Crippen molar-refractivity contribution >= 4 is 23.2 Å². The Balaban J connectivity index is 1.63. The van der Waals surface area contributed by atoms with Crippen molar-refractivity contribution in [3.8, 4) is 0 Å². The van der Waals surface area contributed by atoms with Crippen LogP contribution in [0.4, 0.5) is 0 Å². The lowest BCUT2D eigenvalue weighted by molar-refractivity contribution is -0.125. The van der Waals surface area contributed by atoms with Crippen molar-refractivity contribution in [1.29, 1.82) is 0 Å². The number of thiophene rings is 1. The smallest absolute Gasteiger partial charge is 0.262 e. The van der Waals surface area contributed by atoms with Gasteiger partial charge in [-0.25, -0.2) is 0 Å². The molecule has 3 rings (SSSR count). The third-order valence-electron chi connectivity index (χ3n) is 6.04. The molecule has 1 saturated heterocycles. The minimum atomic E-state index is -0.528. The Kier molecular flexibility index (Phi) is 7.48. The van der Waals surface area contributed by atoms with Crippen molar-refractivity contribution in [1.82, 2.24) is 15.5 Å². The topological polar surface area (TPSA) is 70.7 Å². The number of rotatable bonds is 7. The van der Waals surface area contributed by atoms with Gasteiger partial charge < -0.3 is 15.4 Å². The average Bonchev–Trinajstić information content (AvgIpc) is 3.26. The van der Waals surface area contributed by atoms with E-state index in [9.17, 15) is 9.59 Å². The Morgan fingerprint density at radius 3 is 2.54 bits per heavy atom. The van der Waals surface area contributed by atoms with Gasteiger partial charge in [-0.1, -0.05) is 39.2 Å². The molecule has 1 aromatic heterocycles. The number of carbonyl (C=O) groups is 2. The van der Waals surface area contributed by atoms with Crippen molar-refractivity contribution in [2.45, 2.75) is 57.5 Å². The molecule has 2 N–H and O–H groups in total. The molecule has 7 heteroatoms. The van der Waals surface area contributed by atoms with Crippen LogP contribution in [0, 0.1) is 5.92 Å². The summed E-state index contributed by atoms with van der Waals surface area (Å²) in [5, 5.41) is 7.98. The van der Waals surface area contributed by atoms with Gasteiger partial charge in [0.25, 0.3) is 5.91 Å². The Hall–Kier alpha value is -1.44. The summed E-state index contributed by atoms with van der Waals surface area (Å²) in [6.07, 6.45) is 5.90. The van der Waals surface area contributed by atoms with Crippen molar-refractivity contribution in [2.75, 3.05) is 32.8 Å². The molecule has 0 bridgehead atoms. The van der Waals surface area contributed by atoms with Crippen LogP contribution in [-0.2, 0) is 9.53 Å². The second-order valence-corrected chi connectivity index (χ2v) is 9.22. The van der Waals surface area contributed by atoms with Gasteiger partial charge in [0.05, 0.1) is 18.1 Å². The van der Waals surface area contributed by atoms with E-state index in [2.05, 4.69) is 15.5 Å². The third kappa shape index (κ3) is 5.13. The van der Waals surface area contributed by atoms with E-state index in [-0.39, 0.29) is 23.3 Å². The number of hydrogen-bond acceptors (Lipinski definition) is 5. The molecule has 1 saturated carbocycles. The number of nitrogens with zero attached hydrogens (tertiary/aromatic N) is 1. The van der Waals surface area contributed by atoms with Gasteiger partial charge in [0.2, 0.25) is 5.91 Å². The average molecular weight is 408 g/mol. The fourth-order valence-electron chi connectivity index (χ4n) is 4.37. The van der Waals surface area contributed by atoms with Crippen LogP contribution in [0.2, 0.25) is 0 Å². The molecular weight excluding hydrogens is 374 g/mol. The van der Waals surface area contributed by atoms with Crippen LogP contribution in [0.3, 0.4) is 0 Å². The molecule has 1 aromatic rings. The monoisotopic (exact) mass is 407 g/mol. The summed E-state index contributed by atoms with van der Waals surface area (Å²) in [4.78, 5) is 28.6. The van der Waals surface area contributed by atoms with E-state index in [4.69, 9.17) is 4.74 Å². The van der Waals surface area contributed by atoms with Gasteiger partial charge in [0.15, 0.2) is 0 Å². The largest absolute Gasteiger partial charge is 0.379 e. The first kappa shape index (κ1) is 21.3. The number of hydrogen-bond donors (Lipinski definition) is 2. The van der Waals surface area contributed by atoms with Gasteiger partial charge in [-0.2, -0.15) is 0 Å². The van der Waals surface area contributed by atoms with E-state index in [0.29, 0.717) is 11.4 Å². The molecular formula is C21H33N3O3S. The summed E-state index contributed by atoms with van der Waals surface area (Å²) >= 11 is 1.39. The maximum Gasteiger partial charge on any atom is 0.262 e. The molecule has 2 heterocycles. The van der Waals surface area contributed by atoms with Crippen molar-refractivity contribution in [3.63, 3.8) is 0 Å². The Labute approximate surface area is 172 Å². The fourth-order valence-corrected chi connectivity index (χ4v) is 5.00. The number of morpholine rings is 1. The first-order valence-corrected chi connectivity index (χ1v) is 11.3. The van der Waals surface area contributed by atoms with Gasteiger partial charge in [-0.3, -0.25) is 14.5 Å². The Morgan fingerprint density at radius 2 is 1.93 bits per heavy atom. The molecule has 1 unspecified atom stereocenters. The zero-order chi connectivity index (χ0) is 20.0. The molecule has 2 aliphatic rings. The minimum absolute atomic E-state index is 0.0228. The van der Waals surface area contributed by atoms with E-state index in [1.807, 2.05) is 25.3 Å². The zero-order valence-corrected chi connectivity index (χ0v) is 17.9. The molecule has 1 aliphatic carbocycles. The minimum Gasteiger partial charge on any atom is -0.379 e. The quantitative estimate of drug-likeness (QED) is 0.729. The Bertz CT molecular complexity index is 635. The molecule has 2 amide bonds. The van der Waals surface area contributed by atoms with Crippen LogP contribution in [0.25, 0.3) is 0 Å². The van der Waals surface area contributed by atoms with Crippen LogP contribution in [0.5, 0.6) is 0 Å². The lowest BCUT2D eigenvalue weighted by atomic mass is 9.79. The molecule has 156 valence electrons. The summed E-state index contributed by atoms with van der Waals surface area (Å²) in [5.41, 5.74) is 0.0248. The highest BCUT2D eigenvalue weighted by Crippen LogP contribution is 2.34. The van der Waals surface area contributed by atoms with E-state index in [1.54, 1.807) is 6.07 Å². The summed E-state index contributed by atoms with van der Waals surface area (Å²) in [5.74, 6) is -0.239. The maximum absolute atomic E-state index is 13.0. The highest BCUT2D eigenvalue weighted by Gasteiger charge is 2.39. The molecule has 2 fully saturated rings. The van der Waals surface area contributed by atoms with Crippen LogP contribution >= 0.6 is 11.3 Å². The van der Waals surface area contributed by atoms with Gasteiger partial charge in [-0.05, 0) is 30.2 Å². The first-order valence-electron chi connectivity index (χ1n) is 10.5. The second kappa shape index (κ2) is 9.85. The van der Waals surface area contributed by atoms with Gasteiger partial charge in [0, 0.05) is 25.2 Å². The predicted octanol–water partition coefficient (Wildman–Crippen LogP) is 2.65. The number of amides is 2. The first-order chi connectivity index (χ1) is 13.5. The molecule has 0 radical (unpaired) electrons. The van der Waals surface area contributed by atoms with Gasteiger partial charge >= 0.3 is 0 Å². The molecule has 0 spiro atoms. The van der Waals surface area contributed by atoms with E-state index in [1.165, 1.54) is 30.6 Å². The van der Waals surface area contributed by atoms with Crippen LogP contribution in [0.1, 0.15) is 55.6 Å². The number of ether oxygens (including phenoxy) is 1. The van der Waals surface area contributed by atoms with Crippen LogP contribution < -0.4 is 10.6 Å². The highest BCUT2D eigenvalue weighted by molar-refractivity contribution is 7.12. The summed E-state index contributed by atoms with van der Waals surface area (Å²) in [6.45, 7) is 7.97. The maximum atomic E-state index is 13.0. The molecule has 0 aromatic carbocycles. The third-order valence-corrected chi connectivity index (χ3v) is 6.91. The van der Waals surface area contributed by atoms with Gasteiger partial charge in [0.1, 0.15) is 6.04 Å². The van der Waals surface area contributed by atoms with E-state index < -0.39 is 6.04 Å². The fraction of sp³-hybridized carbons (Fsp3) is 0.714. The zero-order valence-electron chi connectivity index (χ0n) is 17.0. The molecule has 28 heavy (non-hydrogen) atoms. The summed E-state index contributed by atoms with van der Waals surface area (Å²) in [7, 11) is 0. The van der Waals surface area contributed by atoms with Crippen molar-refractivity contribution < 1.29 is 14.3 Å².